The average molecular weight is 369 g/mol. The summed E-state index contributed by atoms with van der Waals surface area (Å²) < 4.78 is 18.4. The van der Waals surface area contributed by atoms with Crippen LogP contribution in [-0.4, -0.2) is 21.6 Å². The van der Waals surface area contributed by atoms with Crippen LogP contribution in [0, 0.1) is 5.82 Å². The number of amides is 1. The second kappa shape index (κ2) is 8.44. The fourth-order valence-corrected chi connectivity index (χ4v) is 2.76. The van der Waals surface area contributed by atoms with Gasteiger partial charge in [0.2, 0.25) is 5.88 Å². The van der Waals surface area contributed by atoms with Gasteiger partial charge in [0.15, 0.2) is 0 Å². The summed E-state index contributed by atoms with van der Waals surface area (Å²) in [6.07, 6.45) is 3.12. The van der Waals surface area contributed by atoms with Crippen molar-refractivity contribution in [3.05, 3.63) is 72.3 Å². The fraction of sp³-hybridized carbons (Fsp3) is 0.105. The number of rotatable bonds is 6. The first-order valence-corrected chi connectivity index (χ1v) is 8.92. The van der Waals surface area contributed by atoms with Gasteiger partial charge in [0.25, 0.3) is 5.91 Å². The molecule has 0 spiro atoms. The van der Waals surface area contributed by atoms with E-state index < -0.39 is 0 Å². The second-order valence-corrected chi connectivity index (χ2v) is 6.50. The zero-order valence-corrected chi connectivity index (χ0v) is 14.8. The predicted octanol–water partition coefficient (Wildman–Crippen LogP) is 4.77. The van der Waals surface area contributed by atoms with Gasteiger partial charge in [0.1, 0.15) is 11.6 Å². The lowest BCUT2D eigenvalue weighted by atomic mass is 10.2. The van der Waals surface area contributed by atoms with Gasteiger partial charge in [0.05, 0.1) is 16.9 Å². The minimum Gasteiger partial charge on any atom is -0.439 e. The molecule has 7 heteroatoms. The molecule has 5 nitrogen and oxygen atoms in total. The number of carbonyl (C=O) groups is 1. The van der Waals surface area contributed by atoms with E-state index >= 15 is 0 Å². The molecule has 3 aromatic rings. The Morgan fingerprint density at radius 1 is 1.15 bits per heavy atom. The van der Waals surface area contributed by atoms with E-state index in [0.29, 0.717) is 22.9 Å². The van der Waals surface area contributed by atoms with Crippen LogP contribution >= 0.6 is 11.8 Å². The van der Waals surface area contributed by atoms with E-state index in [1.807, 2.05) is 6.92 Å². The molecule has 1 N–H and O–H groups in total. The van der Waals surface area contributed by atoms with Crippen molar-refractivity contribution in [3.63, 3.8) is 0 Å². The molecule has 0 atom stereocenters. The smallest absolute Gasteiger partial charge is 0.255 e. The van der Waals surface area contributed by atoms with Crippen LogP contribution in [0.15, 0.2) is 66.0 Å². The van der Waals surface area contributed by atoms with Crippen molar-refractivity contribution in [1.29, 1.82) is 0 Å². The van der Waals surface area contributed by atoms with Crippen molar-refractivity contribution in [3.8, 4) is 11.6 Å². The first-order chi connectivity index (χ1) is 12.6. The summed E-state index contributed by atoms with van der Waals surface area (Å²) >= 11 is 1.57. The van der Waals surface area contributed by atoms with E-state index in [-0.39, 0.29) is 11.7 Å². The zero-order valence-electron chi connectivity index (χ0n) is 14.0. The number of thioether (sulfide) groups is 1. The van der Waals surface area contributed by atoms with Gasteiger partial charge in [-0.15, -0.1) is 11.8 Å². The Kier molecular flexibility index (Phi) is 5.80. The summed E-state index contributed by atoms with van der Waals surface area (Å²) in [6.45, 7) is 2.03. The lowest BCUT2D eigenvalue weighted by Gasteiger charge is -2.08. The van der Waals surface area contributed by atoms with Crippen LogP contribution < -0.4 is 10.1 Å². The third-order valence-electron chi connectivity index (χ3n) is 3.32. The van der Waals surface area contributed by atoms with E-state index in [2.05, 4.69) is 15.3 Å². The van der Waals surface area contributed by atoms with Crippen molar-refractivity contribution >= 4 is 23.4 Å². The molecule has 0 aliphatic heterocycles. The predicted molar refractivity (Wildman–Crippen MR) is 99.3 cm³/mol. The Bertz CT molecular complexity index is 886. The van der Waals surface area contributed by atoms with Crippen LogP contribution in [0.1, 0.15) is 17.3 Å². The maximum atomic E-state index is 12.9. The summed E-state index contributed by atoms with van der Waals surface area (Å²) in [5, 5.41) is 3.59. The molecule has 0 aliphatic rings. The number of nitrogens with one attached hydrogen (secondary N) is 1. The molecule has 0 radical (unpaired) electrons. The number of hydrogen-bond donors (Lipinski definition) is 1. The van der Waals surface area contributed by atoms with E-state index in [1.54, 1.807) is 42.2 Å². The third-order valence-corrected chi connectivity index (χ3v) is 4.13. The van der Waals surface area contributed by atoms with E-state index in [9.17, 15) is 9.18 Å². The third kappa shape index (κ3) is 4.80. The summed E-state index contributed by atoms with van der Waals surface area (Å²) in [5.74, 6) is 1.14. The van der Waals surface area contributed by atoms with Gasteiger partial charge in [-0.1, -0.05) is 6.92 Å². The van der Waals surface area contributed by atoms with Crippen LogP contribution in [-0.2, 0) is 0 Å². The van der Waals surface area contributed by atoms with Gasteiger partial charge < -0.3 is 10.1 Å². The molecule has 0 unspecified atom stereocenters. The Labute approximate surface area is 154 Å². The first-order valence-electron chi connectivity index (χ1n) is 7.93. The molecule has 0 saturated heterocycles. The Balaban J connectivity index is 1.64. The summed E-state index contributed by atoms with van der Waals surface area (Å²) in [5.41, 5.74) is 1.07. The molecule has 0 fully saturated rings. The van der Waals surface area contributed by atoms with Crippen molar-refractivity contribution in [1.82, 2.24) is 9.97 Å². The highest BCUT2D eigenvalue weighted by Gasteiger charge is 2.08. The Morgan fingerprint density at radius 3 is 2.65 bits per heavy atom. The molecular weight excluding hydrogens is 353 g/mol. The number of anilines is 1. The molecule has 0 aliphatic carbocycles. The number of benzene rings is 1. The number of halogens is 1. The van der Waals surface area contributed by atoms with Crippen molar-refractivity contribution in [2.24, 2.45) is 0 Å². The molecule has 132 valence electrons. The van der Waals surface area contributed by atoms with Crippen molar-refractivity contribution < 1.29 is 13.9 Å². The van der Waals surface area contributed by atoms with Gasteiger partial charge in [-0.25, -0.2) is 14.4 Å². The van der Waals surface area contributed by atoms with Crippen LogP contribution in [0.4, 0.5) is 10.1 Å². The normalized spacial score (nSPS) is 10.4. The quantitative estimate of drug-likeness (QED) is 0.634. The standard InChI is InChI=1S/C19H16FN3O2S/c1-2-26-18-11-13(9-10-21-18)19(24)23-15-5-8-17(22-12-15)25-16-6-3-14(20)4-7-16/h3-12H,2H2,1H3,(H,23,24). The highest BCUT2D eigenvalue weighted by molar-refractivity contribution is 7.99. The maximum Gasteiger partial charge on any atom is 0.255 e. The zero-order chi connectivity index (χ0) is 18.4. The largest absolute Gasteiger partial charge is 0.439 e. The van der Waals surface area contributed by atoms with Crippen molar-refractivity contribution in [2.75, 3.05) is 11.1 Å². The van der Waals surface area contributed by atoms with Gasteiger partial charge >= 0.3 is 0 Å². The second-order valence-electron chi connectivity index (χ2n) is 5.21. The molecule has 1 aromatic carbocycles. The van der Waals surface area contributed by atoms with E-state index in [0.717, 1.165) is 10.8 Å². The molecule has 0 bridgehead atoms. The SMILES string of the molecule is CCSc1cc(C(=O)Nc2ccc(Oc3ccc(F)cc3)nc2)ccn1. The van der Waals surface area contributed by atoms with Gasteiger partial charge in [-0.05, 0) is 48.2 Å². The lowest BCUT2D eigenvalue weighted by Crippen LogP contribution is -2.12. The van der Waals surface area contributed by atoms with E-state index in [4.69, 9.17) is 4.74 Å². The highest BCUT2D eigenvalue weighted by atomic mass is 32.2. The molecule has 1 amide bonds. The van der Waals surface area contributed by atoms with Crippen LogP contribution in [0.5, 0.6) is 11.6 Å². The maximum absolute atomic E-state index is 12.9. The number of nitrogens with zero attached hydrogens (tertiary/aromatic N) is 2. The summed E-state index contributed by atoms with van der Waals surface area (Å²) in [7, 11) is 0. The topological polar surface area (TPSA) is 64.1 Å². The van der Waals surface area contributed by atoms with Crippen LogP contribution in [0.25, 0.3) is 0 Å². The number of ether oxygens (including phenoxy) is 1. The Morgan fingerprint density at radius 2 is 1.96 bits per heavy atom. The molecule has 26 heavy (non-hydrogen) atoms. The monoisotopic (exact) mass is 369 g/mol. The minimum atomic E-state index is -0.333. The number of aromatic nitrogens is 2. The minimum absolute atomic E-state index is 0.237. The average Bonchev–Trinajstić information content (AvgIpc) is 2.66. The first kappa shape index (κ1) is 17.9. The van der Waals surface area contributed by atoms with Gasteiger partial charge in [0, 0.05) is 17.8 Å². The lowest BCUT2D eigenvalue weighted by molar-refractivity contribution is 0.102. The molecule has 3 rings (SSSR count). The fourth-order valence-electron chi connectivity index (χ4n) is 2.12. The number of pyridine rings is 2. The van der Waals surface area contributed by atoms with Crippen LogP contribution in [0.2, 0.25) is 0 Å². The number of hydrogen-bond acceptors (Lipinski definition) is 5. The summed E-state index contributed by atoms with van der Waals surface area (Å²) in [6, 6.07) is 12.4. The molecule has 2 aromatic heterocycles. The van der Waals surface area contributed by atoms with E-state index in [1.165, 1.54) is 30.5 Å². The van der Waals surface area contributed by atoms with Crippen molar-refractivity contribution in [2.45, 2.75) is 11.9 Å². The highest BCUT2D eigenvalue weighted by Crippen LogP contribution is 2.21. The summed E-state index contributed by atoms with van der Waals surface area (Å²) in [4.78, 5) is 20.7. The molecule has 2 heterocycles. The van der Waals surface area contributed by atoms with Gasteiger partial charge in [-0.2, -0.15) is 0 Å². The van der Waals surface area contributed by atoms with Crippen LogP contribution in [0.3, 0.4) is 0 Å². The van der Waals surface area contributed by atoms with Gasteiger partial charge in [-0.3, -0.25) is 4.79 Å². The number of carbonyl (C=O) groups excluding carboxylic acids is 1. The molecule has 0 saturated carbocycles. The molecular formula is C19H16FN3O2S. The Hall–Kier alpha value is -2.93.